The van der Waals surface area contributed by atoms with Crippen molar-refractivity contribution in [3.05, 3.63) is 199 Å². The molecule has 0 atom stereocenters. The van der Waals surface area contributed by atoms with E-state index in [-0.39, 0.29) is 42.0 Å². The lowest BCUT2D eigenvalue weighted by Gasteiger charge is -2.20. The first-order chi connectivity index (χ1) is 42.2. The van der Waals surface area contributed by atoms with Crippen LogP contribution < -0.4 is 37.8 Å². The van der Waals surface area contributed by atoms with E-state index in [0.29, 0.717) is 38.5 Å². The van der Waals surface area contributed by atoms with Crippen molar-refractivity contribution in [3.63, 3.8) is 0 Å². The lowest BCUT2D eigenvalue weighted by Crippen LogP contribution is -2.43. The fourth-order valence-electron chi connectivity index (χ4n) is 7.95. The smallest absolute Gasteiger partial charge is 0.506 e. The van der Waals surface area contributed by atoms with Crippen LogP contribution in [0.5, 0.6) is 11.5 Å². The standard InChI is InChI=1S/C24H18F4IN3O7S.C23H19FIN3O5.C2F6O5S2.CHCl3/c1-12-19(39-40(37,38)24(26,27)28)18-20(30(2)21(12)34)32(17-8-7-15(29)9-16(17)25)23(36)31(22(18)35)10-13-3-5-14(11-33)6-4-13;1-12-19(30)18-20(26(2)21(12)31)28(17-8-7-15(25)9-16(17)24)23(33)27(22(18)32)10-13-3-5-14(11-29)6-4-13;3-1(4,5)14(9,10)13-15(11,12)2(6,7)8;2-1(3)4/h3-9,33H,10-11H2,1-2H3;3-9,29-30H,10-11H2,1-2H3;;1H. The van der Waals surface area contributed by atoms with E-state index in [9.17, 15) is 113 Å². The molecule has 42 heteroatoms. The van der Waals surface area contributed by atoms with Gasteiger partial charge in [0.05, 0.1) is 48.8 Å². The van der Waals surface area contributed by atoms with E-state index in [1.807, 2.05) is 26.2 Å². The predicted molar refractivity (Wildman–Crippen MR) is 325 cm³/mol. The van der Waals surface area contributed by atoms with Gasteiger partial charge in [0.25, 0.3) is 22.2 Å². The number of aliphatic hydroxyl groups excluding tert-OH is 2. The highest BCUT2D eigenvalue weighted by Gasteiger charge is 2.57. The number of alkyl halides is 12. The van der Waals surface area contributed by atoms with Crippen molar-refractivity contribution in [1.82, 2.24) is 27.4 Å². The number of aryl methyl sites for hydroxylation is 2. The van der Waals surface area contributed by atoms with Crippen molar-refractivity contribution in [2.75, 3.05) is 0 Å². The van der Waals surface area contributed by atoms with Crippen LogP contribution in [0, 0.1) is 32.6 Å². The van der Waals surface area contributed by atoms with Gasteiger partial charge in [-0.05, 0) is 118 Å². The molecule has 0 unspecified atom stereocenters. The van der Waals surface area contributed by atoms with Crippen molar-refractivity contribution in [3.8, 4) is 22.9 Å². The van der Waals surface area contributed by atoms with Crippen LogP contribution in [0.4, 0.5) is 48.3 Å². The molecule has 500 valence electrons. The first-order valence-corrected chi connectivity index (χ1v) is 31.9. The summed E-state index contributed by atoms with van der Waals surface area (Å²) in [7, 11) is -17.6. The predicted octanol–water partition coefficient (Wildman–Crippen LogP) is 7.51. The monoisotopic (exact) mass is 1660 g/mol. The van der Waals surface area contributed by atoms with Gasteiger partial charge in [0.15, 0.2) is 10.0 Å². The Morgan fingerprint density at radius 1 is 0.511 bits per heavy atom. The molecule has 0 spiro atoms. The van der Waals surface area contributed by atoms with Crippen molar-refractivity contribution in [1.29, 1.82) is 0 Å². The summed E-state index contributed by atoms with van der Waals surface area (Å²) in [5.41, 5.74) is -24.5. The largest absolute Gasteiger partial charge is 0.534 e. The Kier molecular flexibility index (Phi) is 24.1. The average Bonchev–Trinajstić information content (AvgIpc) is 0.731. The summed E-state index contributed by atoms with van der Waals surface area (Å²) in [4.78, 5) is 80.0. The molecule has 0 saturated carbocycles. The van der Waals surface area contributed by atoms with Gasteiger partial charge in [0.2, 0.25) is 0 Å². The van der Waals surface area contributed by atoms with E-state index in [4.69, 9.17) is 34.8 Å². The van der Waals surface area contributed by atoms with E-state index in [1.54, 1.807) is 52.9 Å². The first-order valence-electron chi connectivity index (χ1n) is 24.2. The summed E-state index contributed by atoms with van der Waals surface area (Å²) in [6.45, 7) is 1.22. The zero-order valence-corrected chi connectivity index (χ0v) is 55.0. The molecular formula is C50H38Cl3F11I2N6O17S3. The number of fused-ring (bicyclic) bond motifs is 2. The van der Waals surface area contributed by atoms with Crippen LogP contribution >= 0.6 is 80.0 Å². The van der Waals surface area contributed by atoms with E-state index in [2.05, 4.69) is 4.18 Å². The Morgan fingerprint density at radius 2 is 0.826 bits per heavy atom. The van der Waals surface area contributed by atoms with Crippen molar-refractivity contribution in [2.24, 2.45) is 14.1 Å². The summed E-state index contributed by atoms with van der Waals surface area (Å²) in [5, 5.41) is 28.1. The van der Waals surface area contributed by atoms with E-state index < -0.39 is 137 Å². The van der Waals surface area contributed by atoms with Crippen LogP contribution in [0.25, 0.3) is 33.4 Å². The van der Waals surface area contributed by atoms with E-state index in [1.165, 1.54) is 56.4 Å². The Balaban J connectivity index is 0.000000264. The minimum absolute atomic E-state index is 0.0609. The SMILES string of the molecule is Cc1c(O)c2c(=O)n(Cc3ccc(CO)cc3)c(=O)n(-c3ccc(I)cc3F)c2n(C)c1=O.Cc1c(OS(=O)(=O)C(F)(F)F)c2c(=O)n(Cc3ccc(CO)cc3)c(=O)n(-c3ccc(I)cc3F)c2n(C)c1=O.ClC(Cl)Cl.O=S(=O)(OS(=O)(=O)C(F)(F)F)C(F)(F)F. The molecule has 0 radical (unpaired) electrons. The number of hydrogen-bond acceptors (Lipinski definition) is 17. The number of rotatable bonds is 12. The van der Waals surface area contributed by atoms with Gasteiger partial charge >= 0.3 is 58.3 Å². The van der Waals surface area contributed by atoms with Crippen molar-refractivity contribution >= 4 is 132 Å². The van der Waals surface area contributed by atoms with Crippen LogP contribution in [-0.4, -0.2) is 88.8 Å². The lowest BCUT2D eigenvalue weighted by atomic mass is 10.1. The average molecular weight is 1660 g/mol. The fraction of sp³-hybridized carbons (Fsp3) is 0.240. The highest BCUT2D eigenvalue weighted by Crippen LogP contribution is 2.34. The van der Waals surface area contributed by atoms with Gasteiger partial charge in [0, 0.05) is 21.2 Å². The van der Waals surface area contributed by atoms with Crippen LogP contribution in [0.2, 0.25) is 0 Å². The van der Waals surface area contributed by atoms with Crippen LogP contribution in [-0.2, 0) is 74.4 Å². The quantitative estimate of drug-likeness (QED) is 0.0350. The van der Waals surface area contributed by atoms with E-state index >= 15 is 4.39 Å². The number of aliphatic hydroxyl groups is 2. The normalized spacial score (nSPS) is 12.2. The second-order valence-electron chi connectivity index (χ2n) is 18.3. The fourth-order valence-corrected chi connectivity index (χ4v) is 10.9. The van der Waals surface area contributed by atoms with E-state index in [0.717, 1.165) is 44.4 Å². The molecule has 92 heavy (non-hydrogen) atoms. The lowest BCUT2D eigenvalue weighted by molar-refractivity contribution is -0.0586. The summed E-state index contributed by atoms with van der Waals surface area (Å²) >= 11 is 18.1. The molecule has 8 rings (SSSR count). The van der Waals surface area contributed by atoms with Gasteiger partial charge < -0.3 is 19.5 Å². The second-order valence-corrected chi connectivity index (χ2v) is 27.6. The summed E-state index contributed by atoms with van der Waals surface area (Å²) in [6, 6.07) is 20.3. The van der Waals surface area contributed by atoms with Crippen LogP contribution in [0.1, 0.15) is 33.4 Å². The summed E-state index contributed by atoms with van der Waals surface area (Å²) < 4.78 is 213. The summed E-state index contributed by atoms with van der Waals surface area (Å²) in [5.74, 6) is -3.51. The third kappa shape index (κ3) is 16.5. The van der Waals surface area contributed by atoms with Gasteiger partial charge in [-0.15, -0.1) is 3.63 Å². The van der Waals surface area contributed by atoms with Crippen molar-refractivity contribution in [2.45, 2.75) is 61.0 Å². The highest BCUT2D eigenvalue weighted by atomic mass is 127. The zero-order valence-electron chi connectivity index (χ0n) is 46.0. The first kappa shape index (κ1) is 76.3. The number of hydrogen-bond donors (Lipinski definition) is 3. The Hall–Kier alpha value is -6.45. The van der Waals surface area contributed by atoms with Crippen LogP contribution in [0.15, 0.2) is 114 Å². The molecule has 0 aliphatic carbocycles. The Morgan fingerprint density at radius 3 is 1.15 bits per heavy atom. The minimum Gasteiger partial charge on any atom is -0.506 e. The zero-order chi connectivity index (χ0) is 70.0. The molecule has 4 aromatic heterocycles. The molecule has 0 fully saturated rings. The minimum atomic E-state index is -6.85. The highest BCUT2D eigenvalue weighted by molar-refractivity contribution is 14.1. The summed E-state index contributed by atoms with van der Waals surface area (Å²) in [6.07, 6.45) is 0. The maximum Gasteiger partial charge on any atom is 0.534 e. The third-order valence-corrected chi connectivity index (χ3v) is 17.2. The Labute approximate surface area is 549 Å². The molecule has 23 nitrogen and oxygen atoms in total. The Bertz CT molecular complexity index is 4890. The topological polar surface area (TPSA) is 314 Å². The van der Waals surface area contributed by atoms with Crippen molar-refractivity contribution < 1.29 is 96.7 Å². The van der Waals surface area contributed by atoms with Crippen LogP contribution in [0.3, 0.4) is 0 Å². The van der Waals surface area contributed by atoms with Gasteiger partial charge in [-0.2, -0.15) is 64.8 Å². The number of aromatic hydroxyl groups is 1. The van der Waals surface area contributed by atoms with Gasteiger partial charge in [0.1, 0.15) is 39.5 Å². The number of pyridine rings is 2. The third-order valence-electron chi connectivity index (χ3n) is 12.3. The molecule has 0 saturated heterocycles. The number of halogens is 16. The second kappa shape index (κ2) is 29.0. The molecule has 0 amide bonds. The van der Waals surface area contributed by atoms with Gasteiger partial charge in [-0.3, -0.25) is 37.4 Å². The maximum atomic E-state index is 15.2. The number of aromatic nitrogens is 6. The molecule has 0 aliphatic heterocycles. The molecule has 0 aliphatic rings. The molecule has 8 aromatic rings. The molecule has 0 bridgehead atoms. The van der Waals surface area contributed by atoms with Gasteiger partial charge in [-0.25, -0.2) is 27.5 Å². The molecule has 4 heterocycles. The molecule has 3 N–H and O–H groups in total. The number of nitrogens with zero attached hydrogens (tertiary/aromatic N) is 6. The molecule has 4 aromatic carbocycles. The number of benzene rings is 4. The van der Waals surface area contributed by atoms with Gasteiger partial charge in [-0.1, -0.05) is 83.3 Å². The molecular weight excluding hydrogens is 1620 g/mol. The maximum absolute atomic E-state index is 15.2.